The van der Waals surface area contributed by atoms with Crippen molar-refractivity contribution in [2.75, 3.05) is 16.0 Å². The number of rotatable bonds is 5. The van der Waals surface area contributed by atoms with Gasteiger partial charge in [0, 0.05) is 24.3 Å². The largest absolute Gasteiger partial charge is 0.324 e. The number of nitrogens with one attached hydrogen (secondary N) is 3. The summed E-state index contributed by atoms with van der Waals surface area (Å²) in [6, 6.07) is 17.3. The highest BCUT2D eigenvalue weighted by molar-refractivity contribution is 7.18. The molecule has 8 nitrogen and oxygen atoms in total. The van der Waals surface area contributed by atoms with E-state index in [9.17, 15) is 9.59 Å². The molecule has 0 unspecified atom stereocenters. The van der Waals surface area contributed by atoms with E-state index in [2.05, 4.69) is 26.0 Å². The minimum atomic E-state index is -0.377. The predicted molar refractivity (Wildman–Crippen MR) is 113 cm³/mol. The second-order valence-corrected chi connectivity index (χ2v) is 6.97. The fourth-order valence-corrected chi connectivity index (χ4v) is 3.37. The minimum Gasteiger partial charge on any atom is -0.318 e. The Morgan fingerprint density at radius 1 is 0.862 bits per heavy atom. The Morgan fingerprint density at radius 3 is 2.52 bits per heavy atom. The molecule has 3 aromatic heterocycles. The van der Waals surface area contributed by atoms with E-state index in [0.717, 1.165) is 0 Å². The van der Waals surface area contributed by atoms with E-state index in [1.807, 2.05) is 18.2 Å². The summed E-state index contributed by atoms with van der Waals surface area (Å²) in [7, 11) is 0. The summed E-state index contributed by atoms with van der Waals surface area (Å²) in [5.41, 5.74) is 1.22. The zero-order valence-electron chi connectivity index (χ0n) is 15.1. The van der Waals surface area contributed by atoms with Crippen LogP contribution in [0.5, 0.6) is 0 Å². The molecule has 3 N–H and O–H groups in total. The van der Waals surface area contributed by atoms with Gasteiger partial charge in [0.1, 0.15) is 0 Å². The molecule has 0 aliphatic carbocycles. The topological polar surface area (TPSA) is 101 Å². The highest BCUT2D eigenvalue weighted by Crippen LogP contribution is 2.24. The van der Waals surface area contributed by atoms with Gasteiger partial charge in [0.25, 0.3) is 5.91 Å². The van der Waals surface area contributed by atoms with E-state index >= 15 is 0 Å². The van der Waals surface area contributed by atoms with Crippen LogP contribution in [0.15, 0.2) is 79.3 Å². The standard InChI is InChI=1S/C20H16N6O2S/c27-19(24-15-8-4-11-21-18(15)26-13-5-12-22-26)16-9-10-17(29-16)25-20(28)23-14-6-2-1-3-7-14/h1-13H,(H,24,27)(H2,23,25,28). The molecule has 9 heteroatoms. The van der Waals surface area contributed by atoms with Crippen molar-refractivity contribution in [1.29, 1.82) is 0 Å². The van der Waals surface area contributed by atoms with E-state index in [1.165, 1.54) is 11.3 Å². The molecule has 0 fully saturated rings. The third-order valence-electron chi connectivity index (χ3n) is 3.85. The summed E-state index contributed by atoms with van der Waals surface area (Å²) in [5, 5.41) is 13.0. The molecule has 0 saturated heterocycles. The molecule has 1 aromatic carbocycles. The molecule has 3 heterocycles. The van der Waals surface area contributed by atoms with Crippen LogP contribution in [0.3, 0.4) is 0 Å². The quantitative estimate of drug-likeness (QED) is 0.463. The third-order valence-corrected chi connectivity index (χ3v) is 4.85. The molecule has 0 radical (unpaired) electrons. The van der Waals surface area contributed by atoms with Gasteiger partial charge in [-0.25, -0.2) is 14.5 Å². The number of urea groups is 1. The van der Waals surface area contributed by atoms with Crippen molar-refractivity contribution in [2.45, 2.75) is 0 Å². The van der Waals surface area contributed by atoms with Crippen LogP contribution < -0.4 is 16.0 Å². The number of thiophene rings is 1. The highest BCUT2D eigenvalue weighted by Gasteiger charge is 2.14. The molecule has 0 saturated carbocycles. The summed E-state index contributed by atoms with van der Waals surface area (Å²) < 4.78 is 1.57. The number of para-hydroxylation sites is 1. The van der Waals surface area contributed by atoms with Crippen LogP contribution >= 0.6 is 11.3 Å². The van der Waals surface area contributed by atoms with Gasteiger partial charge in [0.2, 0.25) is 0 Å². The van der Waals surface area contributed by atoms with Crippen LogP contribution in [-0.4, -0.2) is 26.7 Å². The van der Waals surface area contributed by atoms with Crippen molar-refractivity contribution in [3.63, 3.8) is 0 Å². The maximum atomic E-state index is 12.6. The van der Waals surface area contributed by atoms with Gasteiger partial charge < -0.3 is 10.6 Å². The second-order valence-electron chi connectivity index (χ2n) is 5.89. The Labute approximate surface area is 170 Å². The van der Waals surface area contributed by atoms with E-state index in [-0.39, 0.29) is 11.9 Å². The normalized spacial score (nSPS) is 10.3. The molecule has 29 heavy (non-hydrogen) atoms. The first kappa shape index (κ1) is 18.4. The summed E-state index contributed by atoms with van der Waals surface area (Å²) in [4.78, 5) is 29.5. The van der Waals surface area contributed by atoms with E-state index < -0.39 is 0 Å². The van der Waals surface area contributed by atoms with Gasteiger partial charge in [-0.05, 0) is 42.5 Å². The zero-order valence-corrected chi connectivity index (χ0v) is 15.9. The van der Waals surface area contributed by atoms with Gasteiger partial charge in [-0.1, -0.05) is 18.2 Å². The molecule has 0 bridgehead atoms. The monoisotopic (exact) mass is 404 g/mol. The lowest BCUT2D eigenvalue weighted by Crippen LogP contribution is -2.18. The van der Waals surface area contributed by atoms with Gasteiger partial charge in [-0.15, -0.1) is 11.3 Å². The molecule has 4 rings (SSSR count). The molecular weight excluding hydrogens is 388 g/mol. The van der Waals surface area contributed by atoms with Gasteiger partial charge in [0.15, 0.2) is 5.82 Å². The molecule has 0 aliphatic rings. The lowest BCUT2D eigenvalue weighted by atomic mass is 10.3. The van der Waals surface area contributed by atoms with Crippen molar-refractivity contribution >= 4 is 39.7 Å². The summed E-state index contributed by atoms with van der Waals surface area (Å²) in [5.74, 6) is 0.218. The van der Waals surface area contributed by atoms with E-state index in [0.29, 0.717) is 27.1 Å². The van der Waals surface area contributed by atoms with Crippen LogP contribution in [0.4, 0.5) is 21.2 Å². The maximum Gasteiger partial charge on any atom is 0.324 e. The fraction of sp³-hybridized carbons (Fsp3) is 0. The first-order valence-corrected chi connectivity index (χ1v) is 9.50. The number of aromatic nitrogens is 3. The molecule has 0 spiro atoms. The average Bonchev–Trinajstić information content (AvgIpc) is 3.41. The van der Waals surface area contributed by atoms with Gasteiger partial charge in [-0.2, -0.15) is 5.10 Å². The smallest absolute Gasteiger partial charge is 0.318 e. The Bertz CT molecular complexity index is 1120. The average molecular weight is 404 g/mol. The van der Waals surface area contributed by atoms with E-state index in [4.69, 9.17) is 0 Å². The van der Waals surface area contributed by atoms with Crippen molar-refractivity contribution in [3.05, 3.63) is 84.1 Å². The van der Waals surface area contributed by atoms with Gasteiger partial charge in [-0.3, -0.25) is 10.1 Å². The van der Waals surface area contributed by atoms with Crippen LogP contribution in [0.2, 0.25) is 0 Å². The van der Waals surface area contributed by atoms with Crippen LogP contribution in [0, 0.1) is 0 Å². The van der Waals surface area contributed by atoms with Crippen molar-refractivity contribution in [2.24, 2.45) is 0 Å². The lowest BCUT2D eigenvalue weighted by Gasteiger charge is -2.09. The SMILES string of the molecule is O=C(Nc1ccccc1)Nc1ccc(C(=O)Nc2cccnc2-n2cccn2)s1. The minimum absolute atomic E-state index is 0.298. The van der Waals surface area contributed by atoms with Crippen LogP contribution in [0.25, 0.3) is 5.82 Å². The molecule has 0 atom stereocenters. The fourth-order valence-electron chi connectivity index (χ4n) is 2.58. The van der Waals surface area contributed by atoms with Crippen molar-refractivity contribution in [3.8, 4) is 5.82 Å². The number of pyridine rings is 1. The molecule has 0 aliphatic heterocycles. The van der Waals surface area contributed by atoms with Crippen LogP contribution in [0.1, 0.15) is 9.67 Å². The Hall–Kier alpha value is -3.98. The Kier molecular flexibility index (Phi) is 5.30. The predicted octanol–water partition coefficient (Wildman–Crippen LogP) is 4.23. The third kappa shape index (κ3) is 4.47. The number of benzene rings is 1. The van der Waals surface area contributed by atoms with Crippen LogP contribution in [-0.2, 0) is 0 Å². The van der Waals surface area contributed by atoms with E-state index in [1.54, 1.807) is 65.7 Å². The number of amides is 3. The number of hydrogen-bond donors (Lipinski definition) is 3. The highest BCUT2D eigenvalue weighted by atomic mass is 32.1. The zero-order chi connectivity index (χ0) is 20.1. The number of carbonyl (C=O) groups excluding carboxylic acids is 2. The Balaban J connectivity index is 1.42. The summed E-state index contributed by atoms with van der Waals surface area (Å²) in [6.07, 6.45) is 5.01. The summed E-state index contributed by atoms with van der Waals surface area (Å²) >= 11 is 1.18. The maximum absolute atomic E-state index is 12.6. The van der Waals surface area contributed by atoms with Gasteiger partial charge >= 0.3 is 6.03 Å². The number of nitrogens with zero attached hydrogens (tertiary/aromatic N) is 3. The number of anilines is 3. The van der Waals surface area contributed by atoms with Crippen molar-refractivity contribution in [1.82, 2.24) is 14.8 Å². The van der Waals surface area contributed by atoms with Gasteiger partial charge in [0.05, 0.1) is 15.6 Å². The molecule has 3 amide bonds. The van der Waals surface area contributed by atoms with Crippen molar-refractivity contribution < 1.29 is 9.59 Å². The number of carbonyl (C=O) groups is 2. The summed E-state index contributed by atoms with van der Waals surface area (Å²) in [6.45, 7) is 0. The first-order chi connectivity index (χ1) is 14.2. The lowest BCUT2D eigenvalue weighted by molar-refractivity contribution is 0.103. The molecule has 4 aromatic rings. The Morgan fingerprint density at radius 2 is 1.72 bits per heavy atom. The molecule has 144 valence electrons. The molecular formula is C20H16N6O2S. The number of hydrogen-bond acceptors (Lipinski definition) is 5. The second kappa shape index (κ2) is 8.36. The first-order valence-electron chi connectivity index (χ1n) is 8.68.